The molecule has 21 heavy (non-hydrogen) atoms. The molecular formula is C16H16N4O. The molecule has 1 aliphatic heterocycles. The lowest BCUT2D eigenvalue weighted by Gasteiger charge is -2.17. The highest BCUT2D eigenvalue weighted by molar-refractivity contribution is 5.92. The third-order valence-corrected chi connectivity index (χ3v) is 3.41. The lowest BCUT2D eigenvalue weighted by Crippen LogP contribution is -2.25. The van der Waals surface area contributed by atoms with Gasteiger partial charge in [0.1, 0.15) is 5.69 Å². The highest BCUT2D eigenvalue weighted by Gasteiger charge is 2.22. The predicted octanol–water partition coefficient (Wildman–Crippen LogP) is 2.09. The van der Waals surface area contributed by atoms with Crippen molar-refractivity contribution in [3.8, 4) is 0 Å². The molecule has 2 heterocycles. The number of nitrogens with one attached hydrogen (secondary N) is 1. The first-order valence-electron chi connectivity index (χ1n) is 6.87. The van der Waals surface area contributed by atoms with Crippen LogP contribution < -0.4 is 10.2 Å². The molecule has 0 saturated carbocycles. The SMILES string of the molecule is C=CCNC(=O)c1ccnc(N2CCc3ccccc32)n1. The van der Waals surface area contributed by atoms with Crippen molar-refractivity contribution in [2.75, 3.05) is 18.0 Å². The quantitative estimate of drug-likeness (QED) is 0.871. The van der Waals surface area contributed by atoms with Crippen molar-refractivity contribution in [3.05, 3.63) is 60.4 Å². The summed E-state index contributed by atoms with van der Waals surface area (Å²) in [4.78, 5) is 22.7. The van der Waals surface area contributed by atoms with Gasteiger partial charge in [-0.3, -0.25) is 4.79 Å². The molecule has 106 valence electrons. The number of hydrogen-bond acceptors (Lipinski definition) is 4. The largest absolute Gasteiger partial charge is 0.347 e. The maximum absolute atomic E-state index is 11.9. The van der Waals surface area contributed by atoms with E-state index in [2.05, 4.69) is 34.0 Å². The average Bonchev–Trinajstić information content (AvgIpc) is 2.97. The van der Waals surface area contributed by atoms with Gasteiger partial charge in [-0.1, -0.05) is 24.3 Å². The van der Waals surface area contributed by atoms with E-state index < -0.39 is 0 Å². The van der Waals surface area contributed by atoms with E-state index in [1.54, 1.807) is 18.3 Å². The van der Waals surface area contributed by atoms with Crippen molar-refractivity contribution in [3.63, 3.8) is 0 Å². The lowest BCUT2D eigenvalue weighted by molar-refractivity contribution is 0.0953. The van der Waals surface area contributed by atoms with E-state index in [4.69, 9.17) is 0 Å². The second-order valence-electron chi connectivity index (χ2n) is 4.77. The molecule has 0 unspecified atom stereocenters. The summed E-state index contributed by atoms with van der Waals surface area (Å²) < 4.78 is 0. The minimum Gasteiger partial charge on any atom is -0.347 e. The van der Waals surface area contributed by atoms with Gasteiger partial charge in [-0.15, -0.1) is 6.58 Å². The summed E-state index contributed by atoms with van der Waals surface area (Å²) in [5, 5.41) is 2.72. The molecule has 0 radical (unpaired) electrons. The summed E-state index contributed by atoms with van der Waals surface area (Å²) in [6.45, 7) is 4.83. The van der Waals surface area contributed by atoms with Crippen LogP contribution in [0.2, 0.25) is 0 Å². The normalized spacial score (nSPS) is 12.9. The van der Waals surface area contributed by atoms with Crippen LogP contribution in [0, 0.1) is 0 Å². The fourth-order valence-electron chi connectivity index (χ4n) is 2.41. The highest BCUT2D eigenvalue weighted by atomic mass is 16.1. The van der Waals surface area contributed by atoms with E-state index >= 15 is 0 Å². The number of nitrogens with zero attached hydrogens (tertiary/aromatic N) is 3. The summed E-state index contributed by atoms with van der Waals surface area (Å²) in [5.41, 5.74) is 2.76. The third-order valence-electron chi connectivity index (χ3n) is 3.41. The topological polar surface area (TPSA) is 58.1 Å². The fraction of sp³-hybridized carbons (Fsp3) is 0.188. The van der Waals surface area contributed by atoms with Crippen LogP contribution in [0.1, 0.15) is 16.1 Å². The van der Waals surface area contributed by atoms with Crippen molar-refractivity contribution in [2.24, 2.45) is 0 Å². The summed E-state index contributed by atoms with van der Waals surface area (Å²) in [6, 6.07) is 9.80. The summed E-state index contributed by atoms with van der Waals surface area (Å²) in [5.74, 6) is 0.345. The van der Waals surface area contributed by atoms with Crippen molar-refractivity contribution >= 4 is 17.5 Å². The Morgan fingerprint density at radius 3 is 3.10 bits per heavy atom. The van der Waals surface area contributed by atoms with Gasteiger partial charge >= 0.3 is 0 Å². The first-order chi connectivity index (χ1) is 10.3. The third kappa shape index (κ3) is 2.63. The van der Waals surface area contributed by atoms with Gasteiger partial charge in [0.15, 0.2) is 0 Å². The monoisotopic (exact) mass is 280 g/mol. The van der Waals surface area contributed by atoms with E-state index in [1.807, 2.05) is 17.0 Å². The average molecular weight is 280 g/mol. The maximum Gasteiger partial charge on any atom is 0.270 e. The number of aromatic nitrogens is 2. The summed E-state index contributed by atoms with van der Waals surface area (Å²) in [6.07, 6.45) is 4.22. The Kier molecular flexibility index (Phi) is 3.64. The van der Waals surface area contributed by atoms with E-state index in [-0.39, 0.29) is 5.91 Å². The number of carbonyl (C=O) groups is 1. The predicted molar refractivity (Wildman–Crippen MR) is 81.7 cm³/mol. The van der Waals surface area contributed by atoms with E-state index in [0.717, 1.165) is 18.7 Å². The Balaban J connectivity index is 1.87. The number of hydrogen-bond donors (Lipinski definition) is 1. The molecule has 2 aromatic rings. The van der Waals surface area contributed by atoms with Crippen molar-refractivity contribution in [2.45, 2.75) is 6.42 Å². The van der Waals surface area contributed by atoms with Crippen LogP contribution in [0.25, 0.3) is 0 Å². The molecule has 5 nitrogen and oxygen atoms in total. The number of para-hydroxylation sites is 1. The maximum atomic E-state index is 11.9. The van der Waals surface area contributed by atoms with Crippen molar-refractivity contribution in [1.82, 2.24) is 15.3 Å². The Morgan fingerprint density at radius 2 is 2.24 bits per heavy atom. The zero-order valence-corrected chi connectivity index (χ0v) is 11.6. The minimum absolute atomic E-state index is 0.217. The molecule has 0 aliphatic carbocycles. The Hall–Kier alpha value is -2.69. The summed E-state index contributed by atoms with van der Waals surface area (Å²) in [7, 11) is 0. The fourth-order valence-corrected chi connectivity index (χ4v) is 2.41. The van der Waals surface area contributed by atoms with Gasteiger partial charge in [0.2, 0.25) is 5.95 Å². The molecule has 1 amide bonds. The molecule has 1 aromatic carbocycles. The first-order valence-corrected chi connectivity index (χ1v) is 6.87. The second-order valence-corrected chi connectivity index (χ2v) is 4.77. The van der Waals surface area contributed by atoms with Gasteiger partial charge in [0.05, 0.1) is 0 Å². The van der Waals surface area contributed by atoms with Gasteiger partial charge in [-0.25, -0.2) is 9.97 Å². The van der Waals surface area contributed by atoms with E-state index in [9.17, 15) is 4.79 Å². The molecule has 1 aliphatic rings. The lowest BCUT2D eigenvalue weighted by atomic mass is 10.2. The van der Waals surface area contributed by atoms with E-state index in [1.165, 1.54) is 5.56 Å². The molecule has 5 heteroatoms. The molecule has 1 aromatic heterocycles. The Labute approximate surface area is 123 Å². The van der Waals surface area contributed by atoms with Crippen molar-refractivity contribution in [1.29, 1.82) is 0 Å². The van der Waals surface area contributed by atoms with Crippen molar-refractivity contribution < 1.29 is 4.79 Å². The van der Waals surface area contributed by atoms with Gasteiger partial charge in [-0.2, -0.15) is 0 Å². The van der Waals surface area contributed by atoms with Crippen LogP contribution >= 0.6 is 0 Å². The standard InChI is InChI=1S/C16H16N4O/c1-2-9-17-15(21)13-7-10-18-16(19-13)20-11-8-12-5-3-4-6-14(12)20/h2-7,10H,1,8-9,11H2,(H,17,21). The molecule has 3 rings (SSSR count). The van der Waals surface area contributed by atoms with Crippen LogP contribution in [0.3, 0.4) is 0 Å². The Morgan fingerprint density at radius 1 is 1.38 bits per heavy atom. The highest BCUT2D eigenvalue weighted by Crippen LogP contribution is 2.31. The number of fused-ring (bicyclic) bond motifs is 1. The molecular weight excluding hydrogens is 264 g/mol. The number of anilines is 2. The van der Waals surface area contributed by atoms with Gasteiger partial charge < -0.3 is 10.2 Å². The zero-order valence-electron chi connectivity index (χ0n) is 11.6. The zero-order chi connectivity index (χ0) is 14.7. The molecule has 0 bridgehead atoms. The minimum atomic E-state index is -0.217. The smallest absolute Gasteiger partial charge is 0.270 e. The number of carbonyl (C=O) groups excluding carboxylic acids is 1. The van der Waals surface area contributed by atoms with Crippen LogP contribution in [0.15, 0.2) is 49.2 Å². The summed E-state index contributed by atoms with van der Waals surface area (Å²) >= 11 is 0. The van der Waals surface area contributed by atoms with Crippen LogP contribution in [0.4, 0.5) is 11.6 Å². The van der Waals surface area contributed by atoms with Crippen LogP contribution in [-0.2, 0) is 6.42 Å². The number of amides is 1. The van der Waals surface area contributed by atoms with Gasteiger partial charge in [-0.05, 0) is 24.1 Å². The molecule has 0 saturated heterocycles. The Bertz CT molecular complexity index is 683. The van der Waals surface area contributed by atoms with Crippen LogP contribution in [0.5, 0.6) is 0 Å². The first kappa shape index (κ1) is 13.3. The molecule has 0 fully saturated rings. The van der Waals surface area contributed by atoms with E-state index in [0.29, 0.717) is 18.2 Å². The van der Waals surface area contributed by atoms with Gasteiger partial charge in [0, 0.05) is 25.0 Å². The molecule has 0 atom stereocenters. The molecule has 1 N–H and O–H groups in total. The second kappa shape index (κ2) is 5.75. The molecule has 0 spiro atoms. The van der Waals surface area contributed by atoms with Crippen LogP contribution in [-0.4, -0.2) is 29.0 Å². The van der Waals surface area contributed by atoms with Gasteiger partial charge in [0.25, 0.3) is 5.91 Å². The number of benzene rings is 1. The number of rotatable bonds is 4.